The molecule has 0 radical (unpaired) electrons. The van der Waals surface area contributed by atoms with E-state index in [0.29, 0.717) is 0 Å². The van der Waals surface area contributed by atoms with Gasteiger partial charge in [-0.1, -0.05) is 12.8 Å². The third-order valence-electron chi connectivity index (χ3n) is 3.67. The molecule has 0 spiro atoms. The van der Waals surface area contributed by atoms with Crippen LogP contribution in [0.1, 0.15) is 31.9 Å². The van der Waals surface area contributed by atoms with Crippen molar-refractivity contribution in [2.45, 2.75) is 32.7 Å². The molecule has 1 aromatic rings. The molecule has 0 aliphatic heterocycles. The van der Waals surface area contributed by atoms with Gasteiger partial charge in [0.1, 0.15) is 0 Å². The SMILES string of the molecule is CCNC(=NCCC1CC1)N(C)Cc1cc(Br)cn1C.I. The van der Waals surface area contributed by atoms with Crippen molar-refractivity contribution in [2.75, 3.05) is 20.1 Å². The number of nitrogens with zero attached hydrogens (tertiary/aromatic N) is 3. The fraction of sp³-hybridized carbons (Fsp3) is 0.667. The van der Waals surface area contributed by atoms with E-state index in [1.54, 1.807) is 0 Å². The Morgan fingerprint density at radius 2 is 2.24 bits per heavy atom. The van der Waals surface area contributed by atoms with E-state index >= 15 is 0 Å². The lowest BCUT2D eigenvalue weighted by Crippen LogP contribution is -2.38. The molecule has 0 unspecified atom stereocenters. The summed E-state index contributed by atoms with van der Waals surface area (Å²) in [6, 6.07) is 2.16. The first-order chi connectivity index (χ1) is 9.60. The second kappa shape index (κ2) is 9.02. The molecule has 1 saturated carbocycles. The third kappa shape index (κ3) is 6.18. The number of hydrogen-bond donors (Lipinski definition) is 1. The van der Waals surface area contributed by atoms with E-state index in [4.69, 9.17) is 4.99 Å². The molecule has 0 bridgehead atoms. The van der Waals surface area contributed by atoms with Gasteiger partial charge in [-0.3, -0.25) is 4.99 Å². The maximum Gasteiger partial charge on any atom is 0.194 e. The first-order valence-corrected chi connectivity index (χ1v) is 8.19. The van der Waals surface area contributed by atoms with E-state index in [1.165, 1.54) is 25.0 Å². The summed E-state index contributed by atoms with van der Waals surface area (Å²) in [6.07, 6.45) is 6.12. The first kappa shape index (κ1) is 18.8. The van der Waals surface area contributed by atoms with Gasteiger partial charge in [0.15, 0.2) is 5.96 Å². The summed E-state index contributed by atoms with van der Waals surface area (Å²) >= 11 is 3.52. The van der Waals surface area contributed by atoms with E-state index in [1.807, 2.05) is 0 Å². The van der Waals surface area contributed by atoms with E-state index in [2.05, 4.69) is 64.0 Å². The van der Waals surface area contributed by atoms with Crippen molar-refractivity contribution in [1.29, 1.82) is 0 Å². The second-order valence-corrected chi connectivity index (χ2v) is 6.50. The first-order valence-electron chi connectivity index (χ1n) is 7.40. The summed E-state index contributed by atoms with van der Waals surface area (Å²) in [6.45, 7) is 4.82. The molecule has 1 fully saturated rings. The molecule has 0 aromatic carbocycles. The van der Waals surface area contributed by atoms with E-state index in [9.17, 15) is 0 Å². The van der Waals surface area contributed by atoms with Crippen molar-refractivity contribution in [3.8, 4) is 0 Å². The van der Waals surface area contributed by atoms with Crippen molar-refractivity contribution >= 4 is 45.9 Å². The predicted molar refractivity (Wildman–Crippen MR) is 103 cm³/mol. The highest BCUT2D eigenvalue weighted by Gasteiger charge is 2.20. The number of nitrogens with one attached hydrogen (secondary N) is 1. The standard InChI is InChI=1S/C15H25BrN4.HI/c1-4-17-15(18-8-7-12-5-6-12)20(3)11-14-9-13(16)10-19(14)2;/h9-10,12H,4-8,11H2,1-3H3,(H,17,18);1H. The number of aromatic nitrogens is 1. The molecule has 6 heteroatoms. The van der Waals surface area contributed by atoms with Crippen LogP contribution in [0, 0.1) is 5.92 Å². The Labute approximate surface area is 153 Å². The largest absolute Gasteiger partial charge is 0.357 e. The monoisotopic (exact) mass is 468 g/mol. The molecule has 1 heterocycles. The van der Waals surface area contributed by atoms with Crippen LogP contribution in [0.5, 0.6) is 0 Å². The quantitative estimate of drug-likeness (QED) is 0.393. The molecular weight excluding hydrogens is 443 g/mol. The summed E-state index contributed by atoms with van der Waals surface area (Å²) in [5.74, 6) is 1.95. The van der Waals surface area contributed by atoms with Crippen LogP contribution in [0.4, 0.5) is 0 Å². The average molecular weight is 469 g/mol. The predicted octanol–water partition coefficient (Wildman–Crippen LogP) is 3.60. The summed E-state index contributed by atoms with van der Waals surface area (Å²) in [7, 11) is 4.17. The van der Waals surface area contributed by atoms with Crippen LogP contribution in [0.25, 0.3) is 0 Å². The summed E-state index contributed by atoms with van der Waals surface area (Å²) in [5, 5.41) is 3.38. The Bertz CT molecular complexity index is 468. The zero-order valence-electron chi connectivity index (χ0n) is 13.1. The summed E-state index contributed by atoms with van der Waals surface area (Å²) < 4.78 is 3.27. The number of guanidine groups is 1. The molecule has 1 aromatic heterocycles. The lowest BCUT2D eigenvalue weighted by atomic mass is 10.3. The summed E-state index contributed by atoms with van der Waals surface area (Å²) in [4.78, 5) is 6.93. The molecule has 1 aliphatic rings. The van der Waals surface area contributed by atoms with Gasteiger partial charge in [0.25, 0.3) is 0 Å². The molecule has 1 aliphatic carbocycles. The fourth-order valence-corrected chi connectivity index (χ4v) is 2.84. The number of rotatable bonds is 6. The van der Waals surface area contributed by atoms with E-state index in [0.717, 1.165) is 36.0 Å². The van der Waals surface area contributed by atoms with Crippen LogP contribution in [0.15, 0.2) is 21.7 Å². The minimum absolute atomic E-state index is 0. The maximum atomic E-state index is 4.74. The Balaban J connectivity index is 0.00000220. The minimum Gasteiger partial charge on any atom is -0.357 e. The van der Waals surface area contributed by atoms with Gasteiger partial charge in [-0.2, -0.15) is 0 Å². The lowest BCUT2D eigenvalue weighted by molar-refractivity contribution is 0.461. The van der Waals surface area contributed by atoms with Gasteiger partial charge in [-0.05, 0) is 41.3 Å². The number of aryl methyl sites for hydroxylation is 1. The topological polar surface area (TPSA) is 32.6 Å². The number of aliphatic imine (C=N–C) groups is 1. The third-order valence-corrected chi connectivity index (χ3v) is 4.10. The van der Waals surface area contributed by atoms with Gasteiger partial charge in [0.2, 0.25) is 0 Å². The van der Waals surface area contributed by atoms with E-state index < -0.39 is 0 Å². The second-order valence-electron chi connectivity index (χ2n) is 5.58. The van der Waals surface area contributed by atoms with Crippen LogP contribution in [-0.4, -0.2) is 35.6 Å². The van der Waals surface area contributed by atoms with Crippen molar-refractivity contribution in [1.82, 2.24) is 14.8 Å². The molecule has 0 atom stereocenters. The molecule has 4 nitrogen and oxygen atoms in total. The smallest absolute Gasteiger partial charge is 0.194 e. The zero-order chi connectivity index (χ0) is 14.5. The fourth-order valence-electron chi connectivity index (χ4n) is 2.27. The lowest BCUT2D eigenvalue weighted by Gasteiger charge is -2.22. The van der Waals surface area contributed by atoms with E-state index in [-0.39, 0.29) is 24.0 Å². The van der Waals surface area contributed by atoms with Gasteiger partial charge in [0.05, 0.1) is 6.54 Å². The van der Waals surface area contributed by atoms with Crippen LogP contribution in [0.3, 0.4) is 0 Å². The number of hydrogen-bond acceptors (Lipinski definition) is 1. The summed E-state index contributed by atoms with van der Waals surface area (Å²) in [5.41, 5.74) is 1.27. The molecule has 21 heavy (non-hydrogen) atoms. The molecule has 2 rings (SSSR count). The van der Waals surface area contributed by atoms with Crippen molar-refractivity contribution in [2.24, 2.45) is 18.0 Å². The normalized spacial score (nSPS) is 14.8. The van der Waals surface area contributed by atoms with Gasteiger partial charge < -0.3 is 14.8 Å². The highest BCUT2D eigenvalue weighted by atomic mass is 127. The van der Waals surface area contributed by atoms with Gasteiger partial charge >= 0.3 is 0 Å². The molecular formula is C15H26BrIN4. The van der Waals surface area contributed by atoms with Gasteiger partial charge in [0, 0.05) is 43.5 Å². The Morgan fingerprint density at radius 3 is 2.76 bits per heavy atom. The molecule has 1 N–H and O–H groups in total. The van der Waals surface area contributed by atoms with Gasteiger partial charge in [-0.25, -0.2) is 0 Å². The van der Waals surface area contributed by atoms with Crippen molar-refractivity contribution < 1.29 is 0 Å². The average Bonchev–Trinajstić information content (AvgIpc) is 3.15. The zero-order valence-corrected chi connectivity index (χ0v) is 17.0. The van der Waals surface area contributed by atoms with Crippen LogP contribution in [0.2, 0.25) is 0 Å². The van der Waals surface area contributed by atoms with Crippen molar-refractivity contribution in [3.63, 3.8) is 0 Å². The molecule has 0 amide bonds. The molecule has 0 saturated heterocycles. The Hall–Kier alpha value is -0.240. The van der Waals surface area contributed by atoms with Crippen LogP contribution in [-0.2, 0) is 13.6 Å². The molecule has 120 valence electrons. The van der Waals surface area contributed by atoms with Crippen LogP contribution < -0.4 is 5.32 Å². The van der Waals surface area contributed by atoms with Crippen molar-refractivity contribution in [3.05, 3.63) is 22.4 Å². The van der Waals surface area contributed by atoms with Crippen LogP contribution >= 0.6 is 39.9 Å². The maximum absolute atomic E-state index is 4.74. The Kier molecular flexibility index (Phi) is 8.08. The Morgan fingerprint density at radius 1 is 1.52 bits per heavy atom. The number of halogens is 2. The minimum atomic E-state index is 0. The highest BCUT2D eigenvalue weighted by molar-refractivity contribution is 14.0. The van der Waals surface area contributed by atoms with Gasteiger partial charge in [-0.15, -0.1) is 24.0 Å². The highest BCUT2D eigenvalue weighted by Crippen LogP contribution is 2.32.